The fourth-order valence-corrected chi connectivity index (χ4v) is 3.10. The van der Waals surface area contributed by atoms with E-state index in [1.54, 1.807) is 11.0 Å². The first-order valence-corrected chi connectivity index (χ1v) is 7.83. The molecule has 124 valence electrons. The average Bonchev–Trinajstić information content (AvgIpc) is 3.05. The van der Waals surface area contributed by atoms with Crippen molar-refractivity contribution in [1.29, 1.82) is 0 Å². The van der Waals surface area contributed by atoms with Gasteiger partial charge in [0.1, 0.15) is 12.7 Å². The molecule has 0 amide bonds. The highest BCUT2D eigenvalue weighted by molar-refractivity contribution is 5.20. The Labute approximate surface area is 133 Å². The molecule has 0 bridgehead atoms. The highest BCUT2D eigenvalue weighted by atomic mass is 19.2. The third-order valence-electron chi connectivity index (χ3n) is 4.35. The molecule has 2 heterocycles. The molecule has 3 rings (SSSR count). The number of aliphatic hydroxyl groups excluding tert-OH is 1. The summed E-state index contributed by atoms with van der Waals surface area (Å²) in [5.41, 5.74) is 0.397. The molecule has 0 saturated carbocycles. The lowest BCUT2D eigenvalue weighted by atomic mass is 10.00. The van der Waals surface area contributed by atoms with Crippen molar-refractivity contribution in [1.82, 2.24) is 19.7 Å². The predicted octanol–water partition coefficient (Wildman–Crippen LogP) is 2.14. The van der Waals surface area contributed by atoms with E-state index in [1.165, 1.54) is 12.4 Å². The van der Waals surface area contributed by atoms with E-state index in [4.69, 9.17) is 0 Å². The molecular weight excluding hydrogens is 302 g/mol. The first-order chi connectivity index (χ1) is 11.1. The van der Waals surface area contributed by atoms with E-state index in [0.717, 1.165) is 37.9 Å². The molecule has 2 atom stereocenters. The molecule has 1 aliphatic heterocycles. The Hall–Kier alpha value is -1.86. The van der Waals surface area contributed by atoms with Crippen molar-refractivity contribution in [2.24, 2.45) is 0 Å². The minimum Gasteiger partial charge on any atom is -0.387 e. The van der Waals surface area contributed by atoms with Gasteiger partial charge < -0.3 is 5.11 Å². The van der Waals surface area contributed by atoms with Crippen molar-refractivity contribution in [3.63, 3.8) is 0 Å². The molecule has 1 N–H and O–H groups in total. The van der Waals surface area contributed by atoms with Crippen LogP contribution in [0.4, 0.5) is 8.78 Å². The topological polar surface area (TPSA) is 54.2 Å². The predicted molar refractivity (Wildman–Crippen MR) is 80.6 cm³/mol. The smallest absolute Gasteiger partial charge is 0.159 e. The second-order valence-electron chi connectivity index (χ2n) is 5.95. The summed E-state index contributed by atoms with van der Waals surface area (Å²) in [5.74, 6) is -1.83. The van der Waals surface area contributed by atoms with Gasteiger partial charge in [-0.15, -0.1) is 0 Å². The average molecular weight is 322 g/mol. The van der Waals surface area contributed by atoms with E-state index >= 15 is 0 Å². The number of nitrogens with zero attached hydrogens (tertiary/aromatic N) is 4. The Balaban J connectivity index is 1.67. The Morgan fingerprint density at radius 1 is 1.26 bits per heavy atom. The minimum atomic E-state index is -0.931. The van der Waals surface area contributed by atoms with Crippen LogP contribution in [0.25, 0.3) is 0 Å². The van der Waals surface area contributed by atoms with Gasteiger partial charge in [-0.1, -0.05) is 12.5 Å². The molecular formula is C16H20F2N4O. The zero-order chi connectivity index (χ0) is 16.2. The maximum atomic E-state index is 13.3. The molecule has 0 spiro atoms. The van der Waals surface area contributed by atoms with E-state index in [2.05, 4.69) is 15.0 Å². The van der Waals surface area contributed by atoms with Crippen LogP contribution >= 0.6 is 0 Å². The summed E-state index contributed by atoms with van der Waals surface area (Å²) in [6.07, 6.45) is 5.56. The Bertz CT molecular complexity index is 635. The van der Waals surface area contributed by atoms with Crippen LogP contribution in [-0.4, -0.2) is 43.9 Å². The SMILES string of the molecule is O[C@@H](CN1CCCC[C@@H]1Cn1cncn1)c1ccc(F)c(F)c1. The van der Waals surface area contributed by atoms with Gasteiger partial charge in [0.15, 0.2) is 11.6 Å². The minimum absolute atomic E-state index is 0.255. The molecule has 1 saturated heterocycles. The van der Waals surface area contributed by atoms with Crippen LogP contribution in [0.1, 0.15) is 30.9 Å². The van der Waals surface area contributed by atoms with E-state index in [-0.39, 0.29) is 6.04 Å². The Morgan fingerprint density at radius 3 is 2.87 bits per heavy atom. The number of hydrogen-bond donors (Lipinski definition) is 1. The first-order valence-electron chi connectivity index (χ1n) is 7.83. The number of likely N-dealkylation sites (tertiary alicyclic amines) is 1. The molecule has 0 unspecified atom stereocenters. The number of halogens is 2. The number of aliphatic hydroxyl groups is 1. The summed E-state index contributed by atoms with van der Waals surface area (Å²) in [6.45, 7) is 1.98. The van der Waals surface area contributed by atoms with Gasteiger partial charge in [-0.3, -0.25) is 9.58 Å². The molecule has 2 aromatic rings. The van der Waals surface area contributed by atoms with Gasteiger partial charge in [0.25, 0.3) is 0 Å². The second kappa shape index (κ2) is 7.14. The Morgan fingerprint density at radius 2 is 2.13 bits per heavy atom. The highest BCUT2D eigenvalue weighted by Gasteiger charge is 2.25. The molecule has 7 heteroatoms. The number of piperidine rings is 1. The summed E-state index contributed by atoms with van der Waals surface area (Å²) >= 11 is 0. The van der Waals surface area contributed by atoms with Crippen LogP contribution in [0.2, 0.25) is 0 Å². The summed E-state index contributed by atoms with van der Waals surface area (Å²) in [5, 5.41) is 14.5. The fourth-order valence-electron chi connectivity index (χ4n) is 3.10. The highest BCUT2D eigenvalue weighted by Crippen LogP contribution is 2.23. The number of benzene rings is 1. The lowest BCUT2D eigenvalue weighted by Gasteiger charge is -2.36. The number of rotatable bonds is 5. The third-order valence-corrected chi connectivity index (χ3v) is 4.35. The van der Waals surface area contributed by atoms with Gasteiger partial charge in [0, 0.05) is 12.6 Å². The molecule has 5 nitrogen and oxygen atoms in total. The van der Waals surface area contributed by atoms with Crippen LogP contribution in [0.3, 0.4) is 0 Å². The van der Waals surface area contributed by atoms with Gasteiger partial charge in [0.2, 0.25) is 0 Å². The van der Waals surface area contributed by atoms with Crippen LogP contribution < -0.4 is 0 Å². The molecule has 1 aromatic carbocycles. The molecule has 1 aromatic heterocycles. The molecule has 1 fully saturated rings. The summed E-state index contributed by atoms with van der Waals surface area (Å²) in [6, 6.07) is 3.80. The van der Waals surface area contributed by atoms with Gasteiger partial charge in [-0.25, -0.2) is 13.8 Å². The van der Waals surface area contributed by atoms with Crippen molar-refractivity contribution in [3.05, 3.63) is 48.1 Å². The quantitative estimate of drug-likeness (QED) is 0.916. The zero-order valence-electron chi connectivity index (χ0n) is 12.8. The van der Waals surface area contributed by atoms with E-state index in [0.29, 0.717) is 18.7 Å². The second-order valence-corrected chi connectivity index (χ2v) is 5.95. The standard InChI is InChI=1S/C16H20F2N4O/c17-14-5-4-12(7-15(14)18)16(23)9-21-6-2-1-3-13(21)8-22-11-19-10-20-22/h4-5,7,10-11,13,16,23H,1-3,6,8-9H2/t13-,16+/m1/s1. The zero-order valence-corrected chi connectivity index (χ0v) is 12.8. The fraction of sp³-hybridized carbons (Fsp3) is 0.500. The van der Waals surface area contributed by atoms with E-state index < -0.39 is 17.7 Å². The summed E-state index contributed by atoms with van der Waals surface area (Å²) in [7, 11) is 0. The summed E-state index contributed by atoms with van der Waals surface area (Å²) in [4.78, 5) is 6.14. The van der Waals surface area contributed by atoms with Crippen molar-refractivity contribution < 1.29 is 13.9 Å². The van der Waals surface area contributed by atoms with E-state index in [1.807, 2.05) is 0 Å². The largest absolute Gasteiger partial charge is 0.387 e. The maximum absolute atomic E-state index is 13.3. The van der Waals surface area contributed by atoms with Crippen molar-refractivity contribution in [3.8, 4) is 0 Å². The lowest BCUT2D eigenvalue weighted by molar-refractivity contribution is 0.0589. The van der Waals surface area contributed by atoms with Gasteiger partial charge in [-0.05, 0) is 37.1 Å². The Kier molecular flexibility index (Phi) is 4.97. The van der Waals surface area contributed by atoms with Crippen LogP contribution in [0.5, 0.6) is 0 Å². The maximum Gasteiger partial charge on any atom is 0.159 e. The molecule has 1 aliphatic rings. The first kappa shape index (κ1) is 16.0. The normalized spacial score (nSPS) is 20.6. The number of hydrogen-bond acceptors (Lipinski definition) is 4. The third kappa shape index (κ3) is 3.92. The van der Waals surface area contributed by atoms with Crippen LogP contribution in [0.15, 0.2) is 30.9 Å². The summed E-state index contributed by atoms with van der Waals surface area (Å²) < 4.78 is 28.1. The van der Waals surface area contributed by atoms with Crippen LogP contribution in [-0.2, 0) is 6.54 Å². The van der Waals surface area contributed by atoms with Gasteiger partial charge in [-0.2, -0.15) is 5.10 Å². The van der Waals surface area contributed by atoms with Gasteiger partial charge in [0.05, 0.1) is 12.6 Å². The molecule has 0 aliphatic carbocycles. The van der Waals surface area contributed by atoms with Crippen LogP contribution in [0, 0.1) is 11.6 Å². The molecule has 23 heavy (non-hydrogen) atoms. The monoisotopic (exact) mass is 322 g/mol. The number of β-amino-alcohol motifs (C(OH)–C–C–N with tert-alkyl or cyclic N) is 1. The van der Waals surface area contributed by atoms with Crippen molar-refractivity contribution in [2.45, 2.75) is 38.0 Å². The lowest BCUT2D eigenvalue weighted by Crippen LogP contribution is -2.44. The molecule has 0 radical (unpaired) electrons. The van der Waals surface area contributed by atoms with E-state index in [9.17, 15) is 13.9 Å². The van der Waals surface area contributed by atoms with Gasteiger partial charge >= 0.3 is 0 Å². The number of aromatic nitrogens is 3. The van der Waals surface area contributed by atoms with Crippen molar-refractivity contribution >= 4 is 0 Å². The van der Waals surface area contributed by atoms with Crippen molar-refractivity contribution in [2.75, 3.05) is 13.1 Å².